The van der Waals surface area contributed by atoms with Crippen LogP contribution in [0.4, 0.5) is 0 Å². The van der Waals surface area contributed by atoms with Crippen LogP contribution >= 0.6 is 0 Å². The Bertz CT molecular complexity index is 535. The second-order valence-corrected chi connectivity index (χ2v) is 6.64. The third-order valence-corrected chi connectivity index (χ3v) is 5.24. The molecule has 0 aromatic rings. The Morgan fingerprint density at radius 1 is 1.32 bits per heavy atom. The van der Waals surface area contributed by atoms with E-state index >= 15 is 0 Å². The average molecular weight is 264 g/mol. The van der Waals surface area contributed by atoms with E-state index in [1.165, 1.54) is 6.08 Å². The van der Waals surface area contributed by atoms with Crippen LogP contribution in [0.2, 0.25) is 0 Å². The van der Waals surface area contributed by atoms with Crippen molar-refractivity contribution in [3.63, 3.8) is 0 Å². The lowest BCUT2D eigenvalue weighted by Gasteiger charge is -2.43. The van der Waals surface area contributed by atoms with E-state index in [4.69, 9.17) is 4.74 Å². The average Bonchev–Trinajstić information content (AvgIpc) is 2.66. The number of ether oxygens (including phenoxy) is 1. The summed E-state index contributed by atoms with van der Waals surface area (Å²) in [5.74, 6) is -0.251. The number of carbonyl (C=O) groups excluding carboxylic acids is 1. The molecule has 0 aromatic heterocycles. The highest BCUT2D eigenvalue weighted by atomic mass is 16.6. The second-order valence-electron chi connectivity index (χ2n) is 6.64. The molecule has 2 bridgehead atoms. The highest BCUT2D eigenvalue weighted by Crippen LogP contribution is 2.62. The second kappa shape index (κ2) is 3.19. The minimum absolute atomic E-state index is 0.110. The molecule has 1 saturated heterocycles. The van der Waals surface area contributed by atoms with Gasteiger partial charge < -0.3 is 14.9 Å². The van der Waals surface area contributed by atoms with E-state index in [2.05, 4.69) is 0 Å². The third kappa shape index (κ3) is 1.18. The summed E-state index contributed by atoms with van der Waals surface area (Å²) in [5.41, 5.74) is -3.21. The molecule has 2 heterocycles. The molecule has 2 aliphatic heterocycles. The molecule has 19 heavy (non-hydrogen) atoms. The smallest absolute Gasteiger partial charge is 0.190 e. The van der Waals surface area contributed by atoms with Crippen LogP contribution in [-0.4, -0.2) is 38.4 Å². The number of hydrogen-bond acceptors (Lipinski definition) is 4. The van der Waals surface area contributed by atoms with Crippen LogP contribution in [0, 0.1) is 0 Å². The van der Waals surface area contributed by atoms with Crippen LogP contribution in [0.15, 0.2) is 23.3 Å². The van der Waals surface area contributed by atoms with Gasteiger partial charge in [-0.1, -0.05) is 6.08 Å². The van der Waals surface area contributed by atoms with E-state index in [1.807, 2.05) is 19.9 Å². The molecule has 104 valence electrons. The van der Waals surface area contributed by atoms with Crippen molar-refractivity contribution in [1.29, 1.82) is 0 Å². The van der Waals surface area contributed by atoms with Crippen LogP contribution < -0.4 is 0 Å². The zero-order chi connectivity index (χ0) is 14.3. The summed E-state index contributed by atoms with van der Waals surface area (Å²) in [7, 11) is 0. The van der Waals surface area contributed by atoms with Crippen molar-refractivity contribution in [2.45, 2.75) is 62.9 Å². The van der Waals surface area contributed by atoms with Crippen molar-refractivity contribution >= 4 is 5.78 Å². The predicted octanol–water partition coefficient (Wildman–Crippen LogP) is 1.27. The lowest BCUT2D eigenvalue weighted by Crippen LogP contribution is -2.58. The number of aliphatic hydroxyl groups is 2. The molecule has 0 radical (unpaired) electrons. The first-order valence-electron chi connectivity index (χ1n) is 6.64. The molecule has 1 fully saturated rings. The molecule has 0 aromatic carbocycles. The monoisotopic (exact) mass is 264 g/mol. The highest BCUT2D eigenvalue weighted by molar-refractivity contribution is 6.01. The van der Waals surface area contributed by atoms with Crippen LogP contribution in [0.5, 0.6) is 0 Å². The third-order valence-electron chi connectivity index (χ3n) is 5.24. The molecule has 3 atom stereocenters. The topological polar surface area (TPSA) is 66.8 Å². The molecule has 1 spiro atoms. The molecule has 2 N–H and O–H groups in total. The molecular weight excluding hydrogens is 244 g/mol. The number of fused-ring (bicyclic) bond motifs is 1. The van der Waals surface area contributed by atoms with Gasteiger partial charge in [0.15, 0.2) is 11.4 Å². The number of ketones is 1. The fourth-order valence-corrected chi connectivity index (χ4v) is 3.83. The van der Waals surface area contributed by atoms with Crippen molar-refractivity contribution < 1.29 is 19.7 Å². The fourth-order valence-electron chi connectivity index (χ4n) is 3.83. The van der Waals surface area contributed by atoms with E-state index in [0.717, 1.165) is 11.1 Å². The quantitative estimate of drug-likeness (QED) is 0.700. The summed E-state index contributed by atoms with van der Waals surface area (Å²) in [6.07, 6.45) is 4.15. The van der Waals surface area contributed by atoms with Gasteiger partial charge in [0, 0.05) is 12.8 Å². The van der Waals surface area contributed by atoms with Crippen LogP contribution in [0.25, 0.3) is 0 Å². The Labute approximate surface area is 112 Å². The Kier molecular flexibility index (Phi) is 2.19. The minimum Gasteiger partial charge on any atom is -0.387 e. The molecule has 0 amide bonds. The summed E-state index contributed by atoms with van der Waals surface area (Å²) in [4.78, 5) is 12.4. The normalized spacial score (nSPS) is 45.1. The van der Waals surface area contributed by atoms with E-state index in [0.29, 0.717) is 6.42 Å². The van der Waals surface area contributed by atoms with Crippen LogP contribution in [0.3, 0.4) is 0 Å². The van der Waals surface area contributed by atoms with Crippen LogP contribution in [-0.2, 0) is 9.53 Å². The maximum Gasteiger partial charge on any atom is 0.190 e. The van der Waals surface area contributed by atoms with Gasteiger partial charge in [0.05, 0.1) is 5.60 Å². The fraction of sp³-hybridized carbons (Fsp3) is 0.667. The molecule has 3 aliphatic rings. The van der Waals surface area contributed by atoms with E-state index < -0.39 is 22.4 Å². The Balaban J connectivity index is 2.26. The molecule has 1 aliphatic carbocycles. The summed E-state index contributed by atoms with van der Waals surface area (Å²) >= 11 is 0. The minimum atomic E-state index is -1.35. The molecule has 3 rings (SSSR count). The first kappa shape index (κ1) is 13.0. The lowest BCUT2D eigenvalue weighted by atomic mass is 9.74. The Morgan fingerprint density at radius 3 is 2.53 bits per heavy atom. The van der Waals surface area contributed by atoms with Gasteiger partial charge in [-0.15, -0.1) is 0 Å². The number of rotatable bonds is 1. The van der Waals surface area contributed by atoms with Crippen LogP contribution in [0.1, 0.15) is 40.5 Å². The van der Waals surface area contributed by atoms with Gasteiger partial charge in [0.2, 0.25) is 0 Å². The van der Waals surface area contributed by atoms with E-state index in [9.17, 15) is 15.0 Å². The largest absolute Gasteiger partial charge is 0.387 e. The first-order chi connectivity index (χ1) is 8.59. The standard InChI is InChI=1S/C15H20O4/c1-9-5-6-14-10(2)7-11(16)15(19-14,12(3,4)17)8-13(9,14)18/h5,7,17-18H,6,8H2,1-4H3. The molecule has 4 nitrogen and oxygen atoms in total. The zero-order valence-corrected chi connectivity index (χ0v) is 11.8. The Morgan fingerprint density at radius 2 is 1.95 bits per heavy atom. The summed E-state index contributed by atoms with van der Waals surface area (Å²) in [6.45, 7) is 6.80. The zero-order valence-electron chi connectivity index (χ0n) is 11.8. The van der Waals surface area contributed by atoms with Crippen molar-refractivity contribution in [1.82, 2.24) is 0 Å². The molecular formula is C15H20O4. The maximum absolute atomic E-state index is 12.4. The van der Waals surface area contributed by atoms with Gasteiger partial charge in [0.25, 0.3) is 0 Å². The van der Waals surface area contributed by atoms with Crippen molar-refractivity contribution in [3.05, 3.63) is 23.3 Å². The van der Waals surface area contributed by atoms with E-state index in [-0.39, 0.29) is 12.2 Å². The molecule has 4 heteroatoms. The predicted molar refractivity (Wildman–Crippen MR) is 69.5 cm³/mol. The summed E-state index contributed by atoms with van der Waals surface area (Å²) < 4.78 is 6.09. The number of hydrogen-bond donors (Lipinski definition) is 2. The van der Waals surface area contributed by atoms with Gasteiger partial charge >= 0.3 is 0 Å². The summed E-state index contributed by atoms with van der Waals surface area (Å²) in [6, 6.07) is 0. The van der Waals surface area contributed by atoms with Crippen molar-refractivity contribution in [2.75, 3.05) is 0 Å². The van der Waals surface area contributed by atoms with Gasteiger partial charge in [-0.2, -0.15) is 0 Å². The summed E-state index contributed by atoms with van der Waals surface area (Å²) in [5, 5.41) is 21.5. The SMILES string of the molecule is CC1=CCC23OC(C(C)(C)O)(CC12O)C(=O)C=C3C. The van der Waals surface area contributed by atoms with Gasteiger partial charge in [0.1, 0.15) is 11.2 Å². The van der Waals surface area contributed by atoms with E-state index in [1.54, 1.807) is 13.8 Å². The van der Waals surface area contributed by atoms with Crippen molar-refractivity contribution in [3.8, 4) is 0 Å². The van der Waals surface area contributed by atoms with Gasteiger partial charge in [-0.25, -0.2) is 0 Å². The van der Waals surface area contributed by atoms with Gasteiger partial charge in [-0.3, -0.25) is 4.79 Å². The lowest BCUT2D eigenvalue weighted by molar-refractivity contribution is -0.194. The highest BCUT2D eigenvalue weighted by Gasteiger charge is 2.74. The first-order valence-corrected chi connectivity index (χ1v) is 6.64. The molecule has 3 unspecified atom stereocenters. The van der Waals surface area contributed by atoms with Crippen molar-refractivity contribution in [2.24, 2.45) is 0 Å². The molecule has 0 saturated carbocycles. The Hall–Kier alpha value is -0.970. The maximum atomic E-state index is 12.4. The van der Waals surface area contributed by atoms with Gasteiger partial charge in [-0.05, 0) is 44.9 Å². The number of carbonyl (C=O) groups is 1.